The number of aliphatic imine (C=N–C) groups is 1. The number of rotatable bonds is 8. The lowest BCUT2D eigenvalue weighted by Crippen LogP contribution is -2.46. The van der Waals surface area contributed by atoms with E-state index in [1.807, 2.05) is 23.1 Å². The summed E-state index contributed by atoms with van der Waals surface area (Å²) in [5.41, 5.74) is 0. The van der Waals surface area contributed by atoms with Crippen LogP contribution in [0.2, 0.25) is 0 Å². The van der Waals surface area contributed by atoms with Crippen LogP contribution in [-0.4, -0.2) is 67.8 Å². The quantitative estimate of drug-likeness (QED) is 0.318. The topological polar surface area (TPSA) is 48.9 Å². The van der Waals surface area contributed by atoms with E-state index >= 15 is 0 Å². The first-order valence-corrected chi connectivity index (χ1v) is 11.1. The minimum Gasteiger partial charge on any atom is -0.379 e. The molecule has 0 radical (unpaired) electrons. The maximum Gasteiger partial charge on any atom is 0.191 e. The molecule has 5 nitrogen and oxygen atoms in total. The molecule has 0 aromatic carbocycles. The summed E-state index contributed by atoms with van der Waals surface area (Å²) in [4.78, 5) is 8.70. The molecule has 1 aromatic heterocycles. The van der Waals surface area contributed by atoms with E-state index in [9.17, 15) is 0 Å². The van der Waals surface area contributed by atoms with Crippen molar-refractivity contribution in [2.24, 2.45) is 4.99 Å². The number of thioether (sulfide) groups is 1. The molecular weight excluding hydrogens is 479 g/mol. The van der Waals surface area contributed by atoms with Crippen molar-refractivity contribution >= 4 is 53.0 Å². The standard InChI is InChI=1S/C18H32N4OS2.HI/c1-5-19-17(21-14-18(2,3)24-4)20-13-15(16-7-6-12-25-16)22-8-10-23-11-9-22;/h6-7,12,15H,5,8-11,13-14H2,1-4H3,(H2,19,20,21);1H. The van der Waals surface area contributed by atoms with E-state index in [-0.39, 0.29) is 28.7 Å². The van der Waals surface area contributed by atoms with E-state index in [1.54, 1.807) is 0 Å². The van der Waals surface area contributed by atoms with Crippen molar-refractivity contribution in [3.63, 3.8) is 0 Å². The molecule has 8 heteroatoms. The van der Waals surface area contributed by atoms with Gasteiger partial charge in [-0.2, -0.15) is 11.8 Å². The van der Waals surface area contributed by atoms with Crippen molar-refractivity contribution in [1.29, 1.82) is 0 Å². The summed E-state index contributed by atoms with van der Waals surface area (Å²) < 4.78 is 5.68. The number of hydrogen-bond donors (Lipinski definition) is 2. The smallest absolute Gasteiger partial charge is 0.191 e. The van der Waals surface area contributed by atoms with Crippen LogP contribution in [0.4, 0.5) is 0 Å². The molecule has 0 spiro atoms. The van der Waals surface area contributed by atoms with Crippen LogP contribution >= 0.6 is 47.1 Å². The van der Waals surface area contributed by atoms with Crippen molar-refractivity contribution < 1.29 is 4.74 Å². The fraction of sp³-hybridized carbons (Fsp3) is 0.722. The number of halogens is 1. The van der Waals surface area contributed by atoms with Crippen LogP contribution in [0.5, 0.6) is 0 Å². The second-order valence-corrected chi connectivity index (χ2v) is 9.21. The van der Waals surface area contributed by atoms with E-state index in [0.717, 1.165) is 51.9 Å². The van der Waals surface area contributed by atoms with Crippen LogP contribution in [-0.2, 0) is 4.74 Å². The summed E-state index contributed by atoms with van der Waals surface area (Å²) >= 11 is 3.67. The van der Waals surface area contributed by atoms with Crippen LogP contribution in [0.25, 0.3) is 0 Å². The second-order valence-electron chi connectivity index (χ2n) is 6.72. The second kappa shape index (κ2) is 12.4. The summed E-state index contributed by atoms with van der Waals surface area (Å²) in [6.45, 7) is 12.7. The van der Waals surface area contributed by atoms with Crippen molar-refractivity contribution in [1.82, 2.24) is 15.5 Å². The normalized spacial score (nSPS) is 17.5. The highest BCUT2D eigenvalue weighted by Gasteiger charge is 2.24. The van der Waals surface area contributed by atoms with Gasteiger partial charge in [-0.1, -0.05) is 6.07 Å². The molecule has 0 saturated carbocycles. The molecule has 1 fully saturated rings. The highest BCUT2D eigenvalue weighted by atomic mass is 127. The number of morpholine rings is 1. The summed E-state index contributed by atoms with van der Waals surface area (Å²) in [5.74, 6) is 0.902. The highest BCUT2D eigenvalue weighted by Crippen LogP contribution is 2.25. The van der Waals surface area contributed by atoms with E-state index in [2.05, 4.69) is 60.1 Å². The number of nitrogens with zero attached hydrogens (tertiary/aromatic N) is 2. The molecule has 1 atom stereocenters. The first-order valence-electron chi connectivity index (χ1n) is 8.98. The monoisotopic (exact) mass is 512 g/mol. The van der Waals surface area contributed by atoms with Gasteiger partial charge in [-0.25, -0.2) is 0 Å². The SMILES string of the molecule is CCNC(=NCC(C)(C)SC)NCC(c1cccs1)N1CCOCC1.I. The van der Waals surface area contributed by atoms with Gasteiger partial charge < -0.3 is 15.4 Å². The highest BCUT2D eigenvalue weighted by molar-refractivity contribution is 14.0. The Hall–Kier alpha value is -0.0300. The molecule has 2 N–H and O–H groups in total. The zero-order valence-corrected chi connectivity index (χ0v) is 20.2. The maximum absolute atomic E-state index is 5.52. The van der Waals surface area contributed by atoms with Gasteiger partial charge in [0.15, 0.2) is 5.96 Å². The predicted molar refractivity (Wildman–Crippen MR) is 126 cm³/mol. The van der Waals surface area contributed by atoms with Gasteiger partial charge in [0.05, 0.1) is 25.8 Å². The molecule has 1 unspecified atom stereocenters. The van der Waals surface area contributed by atoms with Crippen LogP contribution < -0.4 is 10.6 Å². The molecule has 150 valence electrons. The van der Waals surface area contributed by atoms with Gasteiger partial charge in [-0.15, -0.1) is 35.3 Å². The molecule has 1 aliphatic rings. The van der Waals surface area contributed by atoms with E-state index in [4.69, 9.17) is 9.73 Å². The van der Waals surface area contributed by atoms with Gasteiger partial charge in [0, 0.05) is 35.8 Å². The van der Waals surface area contributed by atoms with Gasteiger partial charge >= 0.3 is 0 Å². The summed E-state index contributed by atoms with van der Waals surface area (Å²) in [6.07, 6.45) is 2.14. The van der Waals surface area contributed by atoms with E-state index in [0.29, 0.717) is 6.04 Å². The largest absolute Gasteiger partial charge is 0.379 e. The Balaban J connectivity index is 0.00000338. The molecule has 2 heterocycles. The molecule has 0 bridgehead atoms. The van der Waals surface area contributed by atoms with Gasteiger partial charge in [0.2, 0.25) is 0 Å². The molecule has 1 aromatic rings. The molecule has 1 saturated heterocycles. The van der Waals surface area contributed by atoms with Crippen molar-refractivity contribution in [3.05, 3.63) is 22.4 Å². The molecule has 2 rings (SSSR count). The fourth-order valence-electron chi connectivity index (χ4n) is 2.65. The van der Waals surface area contributed by atoms with Gasteiger partial charge in [-0.05, 0) is 38.5 Å². The number of thiophene rings is 1. The Morgan fingerprint density at radius 3 is 2.69 bits per heavy atom. The average molecular weight is 513 g/mol. The zero-order valence-electron chi connectivity index (χ0n) is 16.3. The number of nitrogens with one attached hydrogen (secondary N) is 2. The van der Waals surface area contributed by atoms with Crippen LogP contribution in [0.3, 0.4) is 0 Å². The van der Waals surface area contributed by atoms with Crippen LogP contribution in [0.1, 0.15) is 31.7 Å². The Kier molecular flexibility index (Phi) is 11.5. The van der Waals surface area contributed by atoms with Crippen LogP contribution in [0, 0.1) is 0 Å². The molecular formula is C18H33IN4OS2. The third-order valence-electron chi connectivity index (χ3n) is 4.34. The van der Waals surface area contributed by atoms with E-state index in [1.165, 1.54) is 4.88 Å². The first-order chi connectivity index (χ1) is 12.1. The molecule has 0 amide bonds. The van der Waals surface area contributed by atoms with E-state index < -0.39 is 0 Å². The third-order valence-corrected chi connectivity index (χ3v) is 6.54. The lowest BCUT2D eigenvalue weighted by molar-refractivity contribution is 0.0177. The number of guanidine groups is 1. The Bertz CT molecular complexity index is 519. The molecule has 1 aliphatic heterocycles. The Labute approximate surface area is 183 Å². The van der Waals surface area contributed by atoms with Crippen LogP contribution in [0.15, 0.2) is 22.5 Å². The van der Waals surface area contributed by atoms with Crippen molar-refractivity contribution in [2.75, 3.05) is 52.2 Å². The van der Waals surface area contributed by atoms with Gasteiger partial charge in [-0.3, -0.25) is 9.89 Å². The fourth-order valence-corrected chi connectivity index (χ4v) is 3.70. The van der Waals surface area contributed by atoms with Gasteiger partial charge in [0.25, 0.3) is 0 Å². The average Bonchev–Trinajstić information content (AvgIpc) is 3.15. The molecule has 26 heavy (non-hydrogen) atoms. The summed E-state index contributed by atoms with van der Waals surface area (Å²) in [6, 6.07) is 4.72. The number of ether oxygens (including phenoxy) is 1. The van der Waals surface area contributed by atoms with Gasteiger partial charge in [0.1, 0.15) is 0 Å². The summed E-state index contributed by atoms with van der Waals surface area (Å²) in [5, 5.41) is 9.09. The zero-order chi connectivity index (χ0) is 18.1. The minimum atomic E-state index is 0. The number of hydrogen-bond acceptors (Lipinski definition) is 5. The minimum absolute atomic E-state index is 0. The van der Waals surface area contributed by atoms with Crippen molar-refractivity contribution in [2.45, 2.75) is 31.6 Å². The maximum atomic E-state index is 5.52. The third kappa shape index (κ3) is 7.92. The first kappa shape index (κ1) is 24.0. The molecule has 0 aliphatic carbocycles. The Morgan fingerprint density at radius 1 is 1.38 bits per heavy atom. The lowest BCUT2D eigenvalue weighted by atomic mass is 10.2. The lowest BCUT2D eigenvalue weighted by Gasteiger charge is -2.34. The summed E-state index contributed by atoms with van der Waals surface area (Å²) in [7, 11) is 0. The predicted octanol–water partition coefficient (Wildman–Crippen LogP) is 3.44. The van der Waals surface area contributed by atoms with Crippen molar-refractivity contribution in [3.8, 4) is 0 Å². The Morgan fingerprint density at radius 2 is 2.12 bits per heavy atom.